The molecule has 0 saturated carbocycles. The highest BCUT2D eigenvalue weighted by molar-refractivity contribution is 5.85. The molecule has 1 aliphatic rings. The van der Waals surface area contributed by atoms with Crippen LogP contribution in [0.1, 0.15) is 41.1 Å². The van der Waals surface area contributed by atoms with E-state index < -0.39 is 0 Å². The summed E-state index contributed by atoms with van der Waals surface area (Å²) in [6.07, 6.45) is 2.55. The summed E-state index contributed by atoms with van der Waals surface area (Å²) in [6, 6.07) is 17.6. The molecule has 124 valence electrons. The second kappa shape index (κ2) is 8.49. The monoisotopic (exact) mass is 331 g/mol. The van der Waals surface area contributed by atoms with Crippen molar-refractivity contribution in [1.29, 1.82) is 0 Å². The number of rotatable bonds is 4. The first-order chi connectivity index (χ1) is 10.7. The van der Waals surface area contributed by atoms with Gasteiger partial charge in [-0.1, -0.05) is 59.7 Å². The fraction of sp³-hybridized carbons (Fsp3) is 0.400. The quantitative estimate of drug-likeness (QED) is 0.874. The fourth-order valence-corrected chi connectivity index (χ4v) is 3.39. The summed E-state index contributed by atoms with van der Waals surface area (Å²) in [5.41, 5.74) is 5.21. The molecule has 0 bridgehead atoms. The smallest absolute Gasteiger partial charge is 0.0774 e. The molecule has 0 radical (unpaired) electrons. The lowest BCUT2D eigenvalue weighted by Crippen LogP contribution is -2.39. The molecule has 23 heavy (non-hydrogen) atoms. The largest absolute Gasteiger partial charge is 0.372 e. The van der Waals surface area contributed by atoms with Crippen molar-refractivity contribution in [2.75, 3.05) is 6.54 Å². The van der Waals surface area contributed by atoms with Crippen molar-refractivity contribution in [3.05, 3.63) is 70.8 Å². The first-order valence-corrected chi connectivity index (χ1v) is 8.19. The molecule has 0 spiro atoms. The number of nitrogens with one attached hydrogen (secondary N) is 1. The predicted octanol–water partition coefficient (Wildman–Crippen LogP) is 4.74. The van der Waals surface area contributed by atoms with Crippen LogP contribution >= 0.6 is 12.4 Å². The van der Waals surface area contributed by atoms with Crippen molar-refractivity contribution < 1.29 is 4.74 Å². The van der Waals surface area contributed by atoms with Crippen LogP contribution in [0.2, 0.25) is 0 Å². The second-order valence-electron chi connectivity index (χ2n) is 6.33. The van der Waals surface area contributed by atoms with E-state index in [9.17, 15) is 0 Å². The van der Waals surface area contributed by atoms with Crippen molar-refractivity contribution in [2.24, 2.45) is 0 Å². The average Bonchev–Trinajstić information content (AvgIpc) is 2.53. The molecule has 1 N–H and O–H groups in total. The zero-order chi connectivity index (χ0) is 15.4. The summed E-state index contributed by atoms with van der Waals surface area (Å²) < 4.78 is 6.28. The minimum atomic E-state index is 0. The molecule has 2 atom stereocenters. The van der Waals surface area contributed by atoms with Crippen LogP contribution < -0.4 is 5.32 Å². The van der Waals surface area contributed by atoms with E-state index in [0.29, 0.717) is 12.6 Å². The molecule has 0 unspecified atom stereocenters. The van der Waals surface area contributed by atoms with Gasteiger partial charge in [-0.15, -0.1) is 12.4 Å². The molecule has 3 rings (SSSR count). The SMILES string of the molecule is Cc1cc(C)cc(CO[C@H]2CCCN[C@H]2c2ccccc2)c1.Cl. The van der Waals surface area contributed by atoms with Gasteiger partial charge in [0.2, 0.25) is 0 Å². The maximum atomic E-state index is 6.28. The lowest BCUT2D eigenvalue weighted by atomic mass is 9.94. The highest BCUT2D eigenvalue weighted by atomic mass is 35.5. The molecule has 0 amide bonds. The third-order valence-corrected chi connectivity index (χ3v) is 4.31. The Morgan fingerprint density at radius 1 is 1.04 bits per heavy atom. The van der Waals surface area contributed by atoms with E-state index in [0.717, 1.165) is 13.0 Å². The van der Waals surface area contributed by atoms with Crippen LogP contribution in [0, 0.1) is 13.8 Å². The highest BCUT2D eigenvalue weighted by Gasteiger charge is 2.26. The molecular weight excluding hydrogens is 306 g/mol. The molecule has 0 aliphatic carbocycles. The van der Waals surface area contributed by atoms with Gasteiger partial charge in [0.15, 0.2) is 0 Å². The molecule has 1 aliphatic heterocycles. The minimum absolute atomic E-state index is 0. The van der Waals surface area contributed by atoms with Gasteiger partial charge in [-0.3, -0.25) is 0 Å². The summed E-state index contributed by atoms with van der Waals surface area (Å²) in [6.45, 7) is 6.05. The zero-order valence-corrected chi connectivity index (χ0v) is 14.7. The number of benzene rings is 2. The van der Waals surface area contributed by atoms with Crippen molar-refractivity contribution in [3.8, 4) is 0 Å². The van der Waals surface area contributed by atoms with Gasteiger partial charge in [-0.05, 0) is 44.4 Å². The van der Waals surface area contributed by atoms with E-state index in [1.807, 2.05) is 0 Å². The van der Waals surface area contributed by atoms with E-state index in [1.54, 1.807) is 0 Å². The molecule has 2 aromatic rings. The van der Waals surface area contributed by atoms with Gasteiger partial charge >= 0.3 is 0 Å². The molecule has 1 heterocycles. The van der Waals surface area contributed by atoms with Crippen LogP contribution in [0.5, 0.6) is 0 Å². The maximum absolute atomic E-state index is 6.28. The Kier molecular flexibility index (Phi) is 6.64. The Labute approximate surface area is 145 Å². The van der Waals surface area contributed by atoms with Crippen molar-refractivity contribution in [1.82, 2.24) is 5.32 Å². The van der Waals surface area contributed by atoms with Gasteiger partial charge in [0.1, 0.15) is 0 Å². The van der Waals surface area contributed by atoms with Crippen LogP contribution in [0.4, 0.5) is 0 Å². The first kappa shape index (κ1) is 18.0. The number of ether oxygens (including phenoxy) is 1. The summed E-state index contributed by atoms with van der Waals surface area (Å²) in [7, 11) is 0. The molecule has 3 heteroatoms. The topological polar surface area (TPSA) is 21.3 Å². The molecule has 1 saturated heterocycles. The highest BCUT2D eigenvalue weighted by Crippen LogP contribution is 2.27. The first-order valence-electron chi connectivity index (χ1n) is 8.19. The lowest BCUT2D eigenvalue weighted by Gasteiger charge is -2.33. The fourth-order valence-electron chi connectivity index (χ4n) is 3.39. The molecule has 2 aromatic carbocycles. The van der Waals surface area contributed by atoms with Crippen LogP contribution in [-0.2, 0) is 11.3 Å². The van der Waals surface area contributed by atoms with Gasteiger partial charge < -0.3 is 10.1 Å². The van der Waals surface area contributed by atoms with Crippen LogP contribution in [-0.4, -0.2) is 12.6 Å². The number of hydrogen-bond acceptors (Lipinski definition) is 2. The van der Waals surface area contributed by atoms with Crippen LogP contribution in [0.25, 0.3) is 0 Å². The normalized spacial score (nSPS) is 20.8. The van der Waals surface area contributed by atoms with E-state index in [-0.39, 0.29) is 18.5 Å². The van der Waals surface area contributed by atoms with Gasteiger partial charge in [-0.2, -0.15) is 0 Å². The van der Waals surface area contributed by atoms with Crippen molar-refractivity contribution in [3.63, 3.8) is 0 Å². The van der Waals surface area contributed by atoms with Gasteiger partial charge in [0.05, 0.1) is 18.8 Å². The molecule has 1 fully saturated rings. The molecule has 2 nitrogen and oxygen atoms in total. The standard InChI is InChI=1S/C20H25NO.ClH/c1-15-11-16(2)13-17(12-15)14-22-19-9-6-10-21-20(19)18-7-4-3-5-8-18;/h3-5,7-8,11-13,19-21H,6,9-10,14H2,1-2H3;1H/t19-,20-;/m0./s1. The van der Waals surface area contributed by atoms with E-state index in [4.69, 9.17) is 4.74 Å². The summed E-state index contributed by atoms with van der Waals surface area (Å²) in [5, 5.41) is 3.62. The Bertz CT molecular complexity index is 594. The second-order valence-corrected chi connectivity index (χ2v) is 6.33. The van der Waals surface area contributed by atoms with Crippen molar-refractivity contribution in [2.45, 2.75) is 45.4 Å². The summed E-state index contributed by atoms with van der Waals surface area (Å²) in [5.74, 6) is 0. The summed E-state index contributed by atoms with van der Waals surface area (Å²) in [4.78, 5) is 0. The van der Waals surface area contributed by atoms with Gasteiger partial charge in [0.25, 0.3) is 0 Å². The lowest BCUT2D eigenvalue weighted by molar-refractivity contribution is -0.00360. The van der Waals surface area contributed by atoms with Crippen LogP contribution in [0.15, 0.2) is 48.5 Å². The Morgan fingerprint density at radius 2 is 1.74 bits per heavy atom. The minimum Gasteiger partial charge on any atom is -0.372 e. The van der Waals surface area contributed by atoms with Crippen LogP contribution in [0.3, 0.4) is 0 Å². The predicted molar refractivity (Wildman–Crippen MR) is 98.2 cm³/mol. The average molecular weight is 332 g/mol. The van der Waals surface area contributed by atoms with E-state index >= 15 is 0 Å². The van der Waals surface area contributed by atoms with Crippen molar-refractivity contribution >= 4 is 12.4 Å². The summed E-state index contributed by atoms with van der Waals surface area (Å²) >= 11 is 0. The number of halogens is 1. The molecular formula is C20H26ClNO. The molecule has 0 aromatic heterocycles. The zero-order valence-electron chi connectivity index (χ0n) is 13.9. The number of piperidine rings is 1. The Hall–Kier alpha value is -1.35. The number of hydrogen-bond donors (Lipinski definition) is 1. The van der Waals surface area contributed by atoms with Gasteiger partial charge in [0, 0.05) is 0 Å². The van der Waals surface area contributed by atoms with E-state index in [1.165, 1.54) is 28.7 Å². The Morgan fingerprint density at radius 3 is 2.43 bits per heavy atom. The Balaban J connectivity index is 0.00000192. The van der Waals surface area contributed by atoms with E-state index in [2.05, 4.69) is 67.7 Å². The van der Waals surface area contributed by atoms with Gasteiger partial charge in [-0.25, -0.2) is 0 Å². The third-order valence-electron chi connectivity index (χ3n) is 4.31. The number of aryl methyl sites for hydroxylation is 2. The maximum Gasteiger partial charge on any atom is 0.0774 e. The third kappa shape index (κ3) is 4.81.